The van der Waals surface area contributed by atoms with E-state index >= 15 is 0 Å². The van der Waals surface area contributed by atoms with Crippen LogP contribution >= 0.6 is 0 Å². The number of hydrogen-bond donors (Lipinski definition) is 0. The number of cyclic esters (lactones) is 1. The van der Waals surface area contributed by atoms with Gasteiger partial charge in [0.25, 0.3) is 0 Å². The van der Waals surface area contributed by atoms with Gasteiger partial charge in [-0.15, -0.1) is 0 Å². The Bertz CT molecular complexity index is 824. The molecule has 4 aliphatic heterocycles. The average molecular weight is 437 g/mol. The lowest BCUT2D eigenvalue weighted by molar-refractivity contribution is -0.311. The molecule has 6 rings (SSSR count). The molecule has 2 saturated carbocycles. The third-order valence-electron chi connectivity index (χ3n) is 9.44. The van der Waals surface area contributed by atoms with Gasteiger partial charge in [0.2, 0.25) is 0 Å². The lowest BCUT2D eigenvalue weighted by atomic mass is 9.41. The Morgan fingerprint density at radius 1 is 1.10 bits per heavy atom. The molecule has 0 N–H and O–H groups in total. The first kappa shape index (κ1) is 20.4. The van der Waals surface area contributed by atoms with Gasteiger partial charge in [0.1, 0.15) is 23.9 Å². The maximum Gasteiger partial charge on any atom is 0.312 e. The van der Waals surface area contributed by atoms with Crippen molar-refractivity contribution in [1.29, 1.82) is 0 Å². The molecule has 2 bridgehead atoms. The van der Waals surface area contributed by atoms with Crippen LogP contribution in [-0.4, -0.2) is 68.1 Å². The molecule has 4 heterocycles. The Kier molecular flexibility index (Phi) is 4.09. The first-order valence-corrected chi connectivity index (χ1v) is 11.6. The van der Waals surface area contributed by atoms with E-state index < -0.39 is 27.6 Å². The number of hydrogen-bond acceptors (Lipinski definition) is 8. The number of ether oxygens (including phenoxy) is 6. The van der Waals surface area contributed by atoms with Crippen molar-refractivity contribution in [3.63, 3.8) is 0 Å². The molecule has 8 atom stereocenters. The molecule has 2 aliphatic carbocycles. The zero-order valence-corrected chi connectivity index (χ0v) is 18.6. The predicted molar refractivity (Wildman–Crippen MR) is 105 cm³/mol. The number of carbonyl (C=O) groups is 2. The molecular weight excluding hydrogens is 404 g/mol. The first-order chi connectivity index (χ1) is 14.7. The minimum atomic E-state index is -0.694. The first-order valence-electron chi connectivity index (χ1n) is 11.6. The molecule has 0 unspecified atom stereocenters. The fraction of sp³-hybridized carbons (Fsp3) is 0.913. The molecule has 6 fully saturated rings. The van der Waals surface area contributed by atoms with E-state index in [1.807, 2.05) is 6.92 Å². The van der Waals surface area contributed by atoms with Crippen LogP contribution in [0.3, 0.4) is 0 Å². The van der Waals surface area contributed by atoms with Gasteiger partial charge in [0, 0.05) is 38.2 Å². The Balaban J connectivity index is 1.47. The van der Waals surface area contributed by atoms with Gasteiger partial charge in [0.15, 0.2) is 6.29 Å². The normalized spacial score (nSPS) is 54.8. The number of carbonyl (C=O) groups excluding carboxylic acids is 2. The van der Waals surface area contributed by atoms with E-state index in [4.69, 9.17) is 28.4 Å². The molecule has 0 radical (unpaired) electrons. The van der Waals surface area contributed by atoms with Crippen molar-refractivity contribution in [3.05, 3.63) is 0 Å². The van der Waals surface area contributed by atoms with E-state index in [0.29, 0.717) is 32.7 Å². The van der Waals surface area contributed by atoms with Crippen molar-refractivity contribution in [3.8, 4) is 0 Å². The lowest BCUT2D eigenvalue weighted by Gasteiger charge is -2.67. The second-order valence-electron chi connectivity index (χ2n) is 10.9. The second kappa shape index (κ2) is 6.22. The van der Waals surface area contributed by atoms with Crippen molar-refractivity contribution in [1.82, 2.24) is 0 Å². The van der Waals surface area contributed by atoms with Gasteiger partial charge in [-0.25, -0.2) is 0 Å². The summed E-state index contributed by atoms with van der Waals surface area (Å²) in [5.41, 5.74) is -2.66. The number of epoxide rings is 1. The zero-order valence-electron chi connectivity index (χ0n) is 18.6. The summed E-state index contributed by atoms with van der Waals surface area (Å²) in [5.74, 6) is -0.642. The minimum Gasteiger partial charge on any atom is -0.465 e. The smallest absolute Gasteiger partial charge is 0.312 e. The van der Waals surface area contributed by atoms with E-state index in [1.54, 1.807) is 7.11 Å². The highest BCUT2D eigenvalue weighted by Crippen LogP contribution is 2.74. The predicted octanol–water partition coefficient (Wildman–Crippen LogP) is 2.12. The average Bonchev–Trinajstić information content (AvgIpc) is 3.23. The molecular formula is C23H32O8. The van der Waals surface area contributed by atoms with Crippen LogP contribution in [0.1, 0.15) is 58.8 Å². The van der Waals surface area contributed by atoms with Crippen LogP contribution in [0.15, 0.2) is 0 Å². The van der Waals surface area contributed by atoms with Crippen molar-refractivity contribution < 1.29 is 38.0 Å². The van der Waals surface area contributed by atoms with E-state index in [1.165, 1.54) is 6.92 Å². The summed E-state index contributed by atoms with van der Waals surface area (Å²) in [5, 5.41) is 0. The molecule has 8 nitrogen and oxygen atoms in total. The Morgan fingerprint density at radius 2 is 1.90 bits per heavy atom. The van der Waals surface area contributed by atoms with Crippen molar-refractivity contribution >= 4 is 11.9 Å². The van der Waals surface area contributed by atoms with Crippen molar-refractivity contribution in [2.24, 2.45) is 16.7 Å². The molecule has 4 saturated heterocycles. The third-order valence-corrected chi connectivity index (χ3v) is 9.44. The van der Waals surface area contributed by atoms with Gasteiger partial charge >= 0.3 is 11.9 Å². The number of rotatable bonds is 2. The van der Waals surface area contributed by atoms with Gasteiger partial charge in [-0.05, 0) is 32.6 Å². The van der Waals surface area contributed by atoms with Crippen LogP contribution in [0.25, 0.3) is 0 Å². The third kappa shape index (κ3) is 2.40. The Labute approximate surface area is 182 Å². The highest BCUT2D eigenvalue weighted by atomic mass is 16.7. The van der Waals surface area contributed by atoms with Crippen LogP contribution in [0.5, 0.6) is 0 Å². The van der Waals surface area contributed by atoms with E-state index in [-0.39, 0.29) is 30.3 Å². The summed E-state index contributed by atoms with van der Waals surface area (Å²) in [7, 11) is 1.66. The van der Waals surface area contributed by atoms with Crippen LogP contribution in [0.2, 0.25) is 0 Å². The second-order valence-corrected chi connectivity index (χ2v) is 10.9. The number of esters is 2. The summed E-state index contributed by atoms with van der Waals surface area (Å²) < 4.78 is 36.5. The van der Waals surface area contributed by atoms with Crippen LogP contribution < -0.4 is 0 Å². The monoisotopic (exact) mass is 436 g/mol. The van der Waals surface area contributed by atoms with Gasteiger partial charge < -0.3 is 28.4 Å². The molecule has 0 aromatic heterocycles. The van der Waals surface area contributed by atoms with E-state index in [9.17, 15) is 9.59 Å². The Morgan fingerprint density at radius 3 is 2.58 bits per heavy atom. The Hall–Kier alpha value is -1.22. The SMILES string of the molecule is CO[C@H]1C[C@]2(CC[C@@]3(O2)[C@]2(CO2)C[C@@H](OC(C)=O)[C@@H]2[C@]34CCC[C@]2(C)C(=O)OC4)CO1. The summed E-state index contributed by atoms with van der Waals surface area (Å²) in [6.07, 6.45) is 4.81. The van der Waals surface area contributed by atoms with Gasteiger partial charge in [-0.2, -0.15) is 0 Å². The molecule has 31 heavy (non-hydrogen) atoms. The highest BCUT2D eigenvalue weighted by molar-refractivity contribution is 5.79. The summed E-state index contributed by atoms with van der Waals surface area (Å²) in [6.45, 7) is 4.80. The summed E-state index contributed by atoms with van der Waals surface area (Å²) in [4.78, 5) is 25.1. The molecule has 0 aromatic carbocycles. The highest BCUT2D eigenvalue weighted by Gasteiger charge is 2.84. The molecule has 8 heteroatoms. The van der Waals surface area contributed by atoms with E-state index in [2.05, 4.69) is 0 Å². The maximum atomic E-state index is 13.0. The summed E-state index contributed by atoms with van der Waals surface area (Å²) >= 11 is 0. The largest absolute Gasteiger partial charge is 0.465 e. The maximum absolute atomic E-state index is 13.0. The molecule has 6 aliphatic rings. The van der Waals surface area contributed by atoms with Crippen LogP contribution in [-0.2, 0) is 38.0 Å². The van der Waals surface area contributed by atoms with Crippen molar-refractivity contribution in [2.75, 3.05) is 26.9 Å². The minimum absolute atomic E-state index is 0.149. The van der Waals surface area contributed by atoms with Gasteiger partial charge in [-0.1, -0.05) is 6.42 Å². The number of methoxy groups -OCH3 is 1. The van der Waals surface area contributed by atoms with Crippen LogP contribution in [0, 0.1) is 16.7 Å². The molecule has 0 aromatic rings. The van der Waals surface area contributed by atoms with Crippen LogP contribution in [0.4, 0.5) is 0 Å². The van der Waals surface area contributed by atoms with Gasteiger partial charge in [0.05, 0.1) is 24.2 Å². The number of fused-ring (bicyclic) bond motifs is 1. The van der Waals surface area contributed by atoms with Gasteiger partial charge in [-0.3, -0.25) is 9.59 Å². The van der Waals surface area contributed by atoms with Crippen molar-refractivity contribution in [2.45, 2.75) is 88.0 Å². The molecule has 172 valence electrons. The summed E-state index contributed by atoms with van der Waals surface area (Å²) in [6, 6.07) is 0. The van der Waals surface area contributed by atoms with E-state index in [0.717, 1.165) is 32.1 Å². The quantitative estimate of drug-likeness (QED) is 0.480. The lowest BCUT2D eigenvalue weighted by Crippen LogP contribution is -2.76. The standard InChI is InChI=1S/C23H32O8/c1-14(24)30-15-9-22(13-29-22)23(8-7-20(31-23)10-16(26-3)27-11-20)21-6-4-5-19(2,17(15)21)18(25)28-12-21/h15-17H,4-13H2,1-3H3/t15-,16-,17+,19+,20-,21-,22-,23+/m1/s1. The molecule has 0 amide bonds. The topological polar surface area (TPSA) is 92.8 Å². The fourth-order valence-electron chi connectivity index (χ4n) is 8.21. The molecule has 3 spiro atoms. The fourth-order valence-corrected chi connectivity index (χ4v) is 8.21. The zero-order chi connectivity index (χ0) is 21.7.